The monoisotopic (exact) mass is 660 g/mol. The van der Waals surface area contributed by atoms with Gasteiger partial charge in [0.2, 0.25) is 0 Å². The summed E-state index contributed by atoms with van der Waals surface area (Å²) in [6.45, 7) is 0. The smallest absolute Gasteiger partial charge is 0.0792 e. The first kappa shape index (κ1) is 30.0. The van der Waals surface area contributed by atoms with Crippen LogP contribution in [0.3, 0.4) is 0 Å². The van der Waals surface area contributed by atoms with Gasteiger partial charge in [0.05, 0.1) is 11.0 Å². The molecule has 0 aliphatic rings. The van der Waals surface area contributed by atoms with Crippen LogP contribution in [0.1, 0.15) is 0 Å². The van der Waals surface area contributed by atoms with Crippen molar-refractivity contribution in [2.75, 3.05) is 0 Å². The molecule has 0 aliphatic heterocycles. The summed E-state index contributed by atoms with van der Waals surface area (Å²) in [5, 5.41) is 7.19. The van der Waals surface area contributed by atoms with E-state index >= 15 is 0 Å². The van der Waals surface area contributed by atoms with Gasteiger partial charge < -0.3 is 0 Å². The Hall–Kier alpha value is -6.90. The van der Waals surface area contributed by atoms with Crippen LogP contribution in [0.5, 0.6) is 0 Å². The summed E-state index contributed by atoms with van der Waals surface area (Å²) in [5.41, 5.74) is 13.9. The lowest BCUT2D eigenvalue weighted by atomic mass is 9.87. The van der Waals surface area contributed by atoms with E-state index in [0.29, 0.717) is 0 Å². The predicted molar refractivity (Wildman–Crippen MR) is 219 cm³/mol. The van der Waals surface area contributed by atoms with Crippen LogP contribution in [-0.2, 0) is 0 Å². The van der Waals surface area contributed by atoms with Gasteiger partial charge in [-0.15, -0.1) is 0 Å². The molecule has 0 saturated carbocycles. The van der Waals surface area contributed by atoms with E-state index in [9.17, 15) is 0 Å². The number of fused-ring (bicyclic) bond motifs is 4. The van der Waals surface area contributed by atoms with E-state index in [1.165, 1.54) is 77.2 Å². The van der Waals surface area contributed by atoms with Crippen LogP contribution in [0.4, 0.5) is 0 Å². The molecule has 0 fully saturated rings. The maximum Gasteiger partial charge on any atom is 0.0792 e. The maximum absolute atomic E-state index is 4.95. The average molecular weight is 661 g/mol. The number of hydrogen-bond acceptors (Lipinski definition) is 2. The van der Waals surface area contributed by atoms with E-state index in [0.717, 1.165) is 21.8 Å². The van der Waals surface area contributed by atoms with Gasteiger partial charge in [-0.1, -0.05) is 170 Å². The van der Waals surface area contributed by atoms with Gasteiger partial charge in [-0.05, 0) is 78.2 Å². The highest BCUT2D eigenvalue weighted by atomic mass is 14.7. The Kier molecular flexibility index (Phi) is 7.18. The molecule has 0 bridgehead atoms. The summed E-state index contributed by atoms with van der Waals surface area (Å²) in [4.78, 5) is 9.89. The molecule has 0 N–H and O–H groups in total. The zero-order valence-electron chi connectivity index (χ0n) is 28.4. The van der Waals surface area contributed by atoms with Gasteiger partial charge in [0.15, 0.2) is 0 Å². The summed E-state index contributed by atoms with van der Waals surface area (Å²) < 4.78 is 0. The van der Waals surface area contributed by atoms with Crippen LogP contribution in [0.25, 0.3) is 99.0 Å². The first-order valence-electron chi connectivity index (χ1n) is 17.7. The normalized spacial score (nSPS) is 11.5. The topological polar surface area (TPSA) is 25.8 Å². The number of rotatable bonds is 5. The van der Waals surface area contributed by atoms with Gasteiger partial charge in [-0.25, -0.2) is 0 Å². The number of nitrogens with zero attached hydrogens (tertiary/aromatic N) is 2. The minimum atomic E-state index is 1.02. The molecule has 2 aromatic heterocycles. The molecule has 2 heteroatoms. The van der Waals surface area contributed by atoms with Crippen LogP contribution in [0.2, 0.25) is 0 Å². The molecule has 0 aliphatic carbocycles. The van der Waals surface area contributed by atoms with E-state index in [2.05, 4.69) is 170 Å². The Bertz CT molecular complexity index is 2590. The number of benzene rings is 8. The Balaban J connectivity index is 1.07. The highest BCUT2D eigenvalue weighted by Crippen LogP contribution is 2.45. The predicted octanol–water partition coefficient (Wildman–Crippen LogP) is 13.4. The van der Waals surface area contributed by atoms with E-state index < -0.39 is 0 Å². The Morgan fingerprint density at radius 3 is 0.885 bits per heavy atom. The molecule has 10 rings (SSSR count). The van der Waals surface area contributed by atoms with Crippen molar-refractivity contribution >= 4 is 43.4 Å². The largest absolute Gasteiger partial charge is 0.256 e. The molecule has 10 aromatic rings. The fourth-order valence-corrected chi connectivity index (χ4v) is 8.07. The molecule has 242 valence electrons. The maximum atomic E-state index is 4.95. The Labute approximate surface area is 302 Å². The van der Waals surface area contributed by atoms with E-state index in [-0.39, 0.29) is 0 Å². The summed E-state index contributed by atoms with van der Waals surface area (Å²) in [6.07, 6.45) is 3.81. The molecule has 0 saturated heterocycles. The zero-order chi connectivity index (χ0) is 34.4. The third kappa shape index (κ3) is 4.88. The van der Waals surface area contributed by atoms with Gasteiger partial charge in [-0.3, -0.25) is 9.97 Å². The van der Waals surface area contributed by atoms with E-state index in [1.54, 1.807) is 0 Å². The van der Waals surface area contributed by atoms with Gasteiger partial charge >= 0.3 is 0 Å². The second-order valence-electron chi connectivity index (χ2n) is 13.3. The number of pyridine rings is 2. The first-order valence-corrected chi connectivity index (χ1v) is 17.7. The average Bonchev–Trinajstić information content (AvgIpc) is 3.22. The van der Waals surface area contributed by atoms with Crippen molar-refractivity contribution in [2.45, 2.75) is 0 Å². The van der Waals surface area contributed by atoms with Crippen molar-refractivity contribution in [3.05, 3.63) is 194 Å². The highest BCUT2D eigenvalue weighted by molar-refractivity contribution is 6.21. The fraction of sp³-hybridized carbons (Fsp3) is 0. The third-order valence-corrected chi connectivity index (χ3v) is 10.4. The van der Waals surface area contributed by atoms with Gasteiger partial charge in [0, 0.05) is 34.3 Å². The summed E-state index contributed by atoms with van der Waals surface area (Å²) >= 11 is 0. The summed E-state index contributed by atoms with van der Waals surface area (Å²) in [5.74, 6) is 0. The molecule has 2 nitrogen and oxygen atoms in total. The Morgan fingerprint density at radius 1 is 0.212 bits per heavy atom. The van der Waals surface area contributed by atoms with Crippen molar-refractivity contribution in [3.63, 3.8) is 0 Å². The standard InChI is InChI=1S/C50H32N2/c1-3-13-35(14-4-1)47-41-19-9-7-17-39(41)45(43-21-11-31-51-49(43)47)37-27-23-33(24-28-37)34-25-29-38(30-26-34)46-40-18-8-10-20-42(40)48(36-15-5-2-6-16-36)50-44(46)22-12-32-52-50/h1-32H. The SMILES string of the molecule is c1ccc(-c2c3ccccc3c(-c3ccc(-c4ccc(-c5c6ccccc6c(-c6ccccc6)c6ncccc56)cc4)cc3)c3cccnc23)cc1. The van der Waals surface area contributed by atoms with Crippen LogP contribution in [-0.4, -0.2) is 9.97 Å². The molecule has 52 heavy (non-hydrogen) atoms. The van der Waals surface area contributed by atoms with Crippen molar-refractivity contribution in [1.82, 2.24) is 9.97 Å². The van der Waals surface area contributed by atoms with Crippen molar-refractivity contribution < 1.29 is 0 Å². The quantitative estimate of drug-likeness (QED) is 0.172. The van der Waals surface area contributed by atoms with E-state index in [1.807, 2.05) is 24.5 Å². The van der Waals surface area contributed by atoms with Crippen LogP contribution < -0.4 is 0 Å². The van der Waals surface area contributed by atoms with Gasteiger partial charge in [0.25, 0.3) is 0 Å². The molecule has 0 amide bonds. The number of hydrogen-bond donors (Lipinski definition) is 0. The highest BCUT2D eigenvalue weighted by Gasteiger charge is 2.19. The Morgan fingerprint density at radius 2 is 0.500 bits per heavy atom. The molecular weight excluding hydrogens is 629 g/mol. The van der Waals surface area contributed by atoms with Gasteiger partial charge in [0.1, 0.15) is 0 Å². The van der Waals surface area contributed by atoms with Crippen molar-refractivity contribution in [1.29, 1.82) is 0 Å². The second kappa shape index (κ2) is 12.5. The minimum Gasteiger partial charge on any atom is -0.256 e. The second-order valence-corrected chi connectivity index (χ2v) is 13.3. The van der Waals surface area contributed by atoms with Crippen molar-refractivity contribution in [3.8, 4) is 55.6 Å². The van der Waals surface area contributed by atoms with Crippen LogP contribution >= 0.6 is 0 Å². The van der Waals surface area contributed by atoms with Crippen LogP contribution in [0.15, 0.2) is 194 Å². The molecule has 8 aromatic carbocycles. The van der Waals surface area contributed by atoms with Crippen molar-refractivity contribution in [2.24, 2.45) is 0 Å². The lowest BCUT2D eigenvalue weighted by Gasteiger charge is -2.17. The summed E-state index contributed by atoms with van der Waals surface area (Å²) in [7, 11) is 0. The number of aromatic nitrogens is 2. The zero-order valence-corrected chi connectivity index (χ0v) is 28.4. The molecule has 0 unspecified atom stereocenters. The lowest BCUT2D eigenvalue weighted by molar-refractivity contribution is 1.42. The van der Waals surface area contributed by atoms with Gasteiger partial charge in [-0.2, -0.15) is 0 Å². The third-order valence-electron chi connectivity index (χ3n) is 10.4. The molecule has 0 atom stereocenters. The fourth-order valence-electron chi connectivity index (χ4n) is 8.07. The minimum absolute atomic E-state index is 1.02. The molecule has 0 radical (unpaired) electrons. The first-order chi connectivity index (χ1) is 25.8. The molecular formula is C50H32N2. The van der Waals surface area contributed by atoms with E-state index in [4.69, 9.17) is 9.97 Å². The lowest BCUT2D eigenvalue weighted by Crippen LogP contribution is -1.93. The molecule has 2 heterocycles. The van der Waals surface area contributed by atoms with Crippen LogP contribution in [0, 0.1) is 0 Å². The molecule has 0 spiro atoms. The summed E-state index contributed by atoms with van der Waals surface area (Å²) in [6, 6.07) is 65.2.